The lowest BCUT2D eigenvalue weighted by Gasteiger charge is -2.28. The topological polar surface area (TPSA) is 82.1 Å². The standard InChI is InChI=1S/C12H18FN3O2/c1-12(2,17)7-16(3)10-5-4-8(13)6-9(10)11(14)15-18/h4-6,17-18H,7H2,1-3H3,(H2,14,15). The lowest BCUT2D eigenvalue weighted by atomic mass is 10.1. The van der Waals surface area contributed by atoms with Crippen LogP contribution < -0.4 is 10.6 Å². The summed E-state index contributed by atoms with van der Waals surface area (Å²) < 4.78 is 13.2. The molecule has 0 fully saturated rings. The number of amidine groups is 1. The fourth-order valence-electron chi connectivity index (χ4n) is 1.77. The van der Waals surface area contributed by atoms with E-state index in [2.05, 4.69) is 5.16 Å². The van der Waals surface area contributed by atoms with E-state index in [4.69, 9.17) is 10.9 Å². The normalized spacial score (nSPS) is 12.6. The van der Waals surface area contributed by atoms with E-state index in [1.54, 1.807) is 25.8 Å². The summed E-state index contributed by atoms with van der Waals surface area (Å²) in [5.74, 6) is -0.649. The summed E-state index contributed by atoms with van der Waals surface area (Å²) in [5.41, 5.74) is 5.46. The second-order valence-electron chi connectivity index (χ2n) is 4.82. The van der Waals surface area contributed by atoms with Crippen LogP contribution in [0.2, 0.25) is 0 Å². The number of likely N-dealkylation sites (N-methyl/N-ethyl adjacent to an activating group) is 1. The predicted molar refractivity (Wildman–Crippen MR) is 68.5 cm³/mol. The minimum atomic E-state index is -0.911. The molecule has 0 bridgehead atoms. The van der Waals surface area contributed by atoms with Crippen molar-refractivity contribution in [1.82, 2.24) is 0 Å². The average molecular weight is 255 g/mol. The van der Waals surface area contributed by atoms with Crippen molar-refractivity contribution in [1.29, 1.82) is 0 Å². The number of rotatable bonds is 4. The van der Waals surface area contributed by atoms with Crippen LogP contribution in [-0.2, 0) is 0 Å². The van der Waals surface area contributed by atoms with Gasteiger partial charge >= 0.3 is 0 Å². The molecule has 0 aliphatic carbocycles. The van der Waals surface area contributed by atoms with Crippen LogP contribution in [0.4, 0.5) is 10.1 Å². The molecule has 4 N–H and O–H groups in total. The molecule has 0 saturated heterocycles. The summed E-state index contributed by atoms with van der Waals surface area (Å²) in [7, 11) is 1.74. The highest BCUT2D eigenvalue weighted by atomic mass is 19.1. The van der Waals surface area contributed by atoms with E-state index in [1.807, 2.05) is 0 Å². The Bertz CT molecular complexity index is 455. The molecule has 0 aliphatic heterocycles. The Morgan fingerprint density at radius 2 is 2.11 bits per heavy atom. The number of hydrogen-bond donors (Lipinski definition) is 3. The first-order chi connectivity index (χ1) is 8.24. The quantitative estimate of drug-likeness (QED) is 0.326. The number of nitrogens with zero attached hydrogens (tertiary/aromatic N) is 2. The molecule has 0 amide bonds. The SMILES string of the molecule is CN(CC(C)(C)O)c1ccc(F)cc1C(N)=NO. The van der Waals surface area contributed by atoms with Gasteiger partial charge in [0.25, 0.3) is 0 Å². The van der Waals surface area contributed by atoms with Crippen LogP contribution in [0, 0.1) is 5.82 Å². The van der Waals surface area contributed by atoms with Gasteiger partial charge in [-0.25, -0.2) is 4.39 Å². The summed E-state index contributed by atoms with van der Waals surface area (Å²) in [6.07, 6.45) is 0. The molecule has 0 spiro atoms. The molecular weight excluding hydrogens is 237 g/mol. The van der Waals surface area contributed by atoms with Crippen molar-refractivity contribution >= 4 is 11.5 Å². The molecule has 1 aromatic carbocycles. The van der Waals surface area contributed by atoms with Crippen LogP contribution >= 0.6 is 0 Å². The Hall–Kier alpha value is -1.82. The van der Waals surface area contributed by atoms with Gasteiger partial charge in [0.05, 0.1) is 5.60 Å². The van der Waals surface area contributed by atoms with Gasteiger partial charge in [0, 0.05) is 24.8 Å². The van der Waals surface area contributed by atoms with Crippen LogP contribution in [0.5, 0.6) is 0 Å². The van der Waals surface area contributed by atoms with Crippen LogP contribution in [0.15, 0.2) is 23.4 Å². The number of aliphatic hydroxyl groups is 1. The third-order valence-corrected chi connectivity index (χ3v) is 2.38. The number of oxime groups is 1. The van der Waals surface area contributed by atoms with Crippen molar-refractivity contribution < 1.29 is 14.7 Å². The van der Waals surface area contributed by atoms with Gasteiger partial charge in [0.15, 0.2) is 5.84 Å². The van der Waals surface area contributed by atoms with E-state index in [1.165, 1.54) is 18.2 Å². The largest absolute Gasteiger partial charge is 0.409 e. The highest BCUT2D eigenvalue weighted by molar-refractivity contribution is 6.02. The zero-order valence-corrected chi connectivity index (χ0v) is 10.7. The van der Waals surface area contributed by atoms with Gasteiger partial charge in [-0.15, -0.1) is 0 Å². The molecule has 0 atom stereocenters. The summed E-state index contributed by atoms with van der Waals surface area (Å²) in [6.45, 7) is 3.65. The molecular formula is C12H18FN3O2. The van der Waals surface area contributed by atoms with E-state index in [-0.39, 0.29) is 11.4 Å². The lowest BCUT2D eigenvalue weighted by molar-refractivity contribution is 0.0886. The van der Waals surface area contributed by atoms with Crippen molar-refractivity contribution in [3.8, 4) is 0 Å². The van der Waals surface area contributed by atoms with Gasteiger partial charge in [-0.05, 0) is 32.0 Å². The Morgan fingerprint density at radius 3 is 2.61 bits per heavy atom. The number of benzene rings is 1. The Labute approximate surface area is 105 Å². The van der Waals surface area contributed by atoms with Gasteiger partial charge in [-0.3, -0.25) is 0 Å². The second kappa shape index (κ2) is 5.22. The van der Waals surface area contributed by atoms with Gasteiger partial charge in [-0.2, -0.15) is 0 Å². The molecule has 0 aliphatic rings. The minimum Gasteiger partial charge on any atom is -0.409 e. The maximum atomic E-state index is 13.2. The monoisotopic (exact) mass is 255 g/mol. The summed E-state index contributed by atoms with van der Waals surface area (Å²) >= 11 is 0. The van der Waals surface area contributed by atoms with Crippen LogP contribution in [-0.4, -0.2) is 35.3 Å². The number of halogens is 1. The summed E-state index contributed by atoms with van der Waals surface area (Å²) in [4.78, 5) is 1.72. The predicted octanol–water partition coefficient (Wildman–Crippen LogP) is 1.13. The van der Waals surface area contributed by atoms with E-state index in [0.717, 1.165) is 0 Å². The van der Waals surface area contributed by atoms with E-state index >= 15 is 0 Å². The molecule has 0 heterocycles. The molecule has 0 aromatic heterocycles. The fourth-order valence-corrected chi connectivity index (χ4v) is 1.77. The molecule has 1 aromatic rings. The first-order valence-corrected chi connectivity index (χ1v) is 5.45. The molecule has 6 heteroatoms. The zero-order chi connectivity index (χ0) is 13.9. The number of anilines is 1. The number of nitrogens with two attached hydrogens (primary N) is 1. The summed E-state index contributed by atoms with van der Waals surface area (Å²) in [6, 6.07) is 3.99. The Kier molecular flexibility index (Phi) is 4.13. The van der Waals surface area contributed by atoms with Gasteiger partial charge in [0.1, 0.15) is 5.82 Å². The zero-order valence-electron chi connectivity index (χ0n) is 10.7. The van der Waals surface area contributed by atoms with Crippen molar-refractivity contribution in [3.05, 3.63) is 29.6 Å². The van der Waals surface area contributed by atoms with E-state index < -0.39 is 11.4 Å². The highest BCUT2D eigenvalue weighted by Crippen LogP contribution is 2.22. The third-order valence-electron chi connectivity index (χ3n) is 2.38. The molecule has 0 saturated carbocycles. The molecule has 1 rings (SSSR count). The molecule has 100 valence electrons. The van der Waals surface area contributed by atoms with Crippen molar-refractivity contribution in [2.24, 2.45) is 10.9 Å². The maximum absolute atomic E-state index is 13.2. The van der Waals surface area contributed by atoms with Crippen LogP contribution in [0.25, 0.3) is 0 Å². The minimum absolute atomic E-state index is 0.174. The third kappa shape index (κ3) is 3.59. The smallest absolute Gasteiger partial charge is 0.172 e. The lowest BCUT2D eigenvalue weighted by Crippen LogP contribution is -2.37. The molecule has 5 nitrogen and oxygen atoms in total. The van der Waals surface area contributed by atoms with Crippen LogP contribution in [0.1, 0.15) is 19.4 Å². The molecule has 18 heavy (non-hydrogen) atoms. The molecule has 0 radical (unpaired) electrons. The van der Waals surface area contributed by atoms with Crippen LogP contribution in [0.3, 0.4) is 0 Å². The van der Waals surface area contributed by atoms with Gasteiger partial charge < -0.3 is 20.9 Å². The van der Waals surface area contributed by atoms with Gasteiger partial charge in [-0.1, -0.05) is 5.16 Å². The van der Waals surface area contributed by atoms with E-state index in [0.29, 0.717) is 12.2 Å². The maximum Gasteiger partial charge on any atom is 0.172 e. The fraction of sp³-hybridized carbons (Fsp3) is 0.417. The summed E-state index contributed by atoms with van der Waals surface area (Å²) in [5, 5.41) is 21.3. The Balaban J connectivity index is 3.16. The first-order valence-electron chi connectivity index (χ1n) is 5.45. The average Bonchev–Trinajstić information content (AvgIpc) is 2.25. The first kappa shape index (κ1) is 14.2. The Morgan fingerprint density at radius 1 is 1.50 bits per heavy atom. The molecule has 0 unspecified atom stereocenters. The second-order valence-corrected chi connectivity index (χ2v) is 4.82. The number of hydrogen-bond acceptors (Lipinski definition) is 4. The van der Waals surface area contributed by atoms with Gasteiger partial charge in [0.2, 0.25) is 0 Å². The van der Waals surface area contributed by atoms with Crippen molar-refractivity contribution in [3.63, 3.8) is 0 Å². The highest BCUT2D eigenvalue weighted by Gasteiger charge is 2.19. The van der Waals surface area contributed by atoms with Crippen molar-refractivity contribution in [2.75, 3.05) is 18.5 Å². The van der Waals surface area contributed by atoms with E-state index in [9.17, 15) is 9.50 Å². The van der Waals surface area contributed by atoms with Crippen molar-refractivity contribution in [2.45, 2.75) is 19.4 Å².